The van der Waals surface area contributed by atoms with Gasteiger partial charge in [0.2, 0.25) is 0 Å². The lowest BCUT2D eigenvalue weighted by atomic mass is 10.5. The molecule has 1 radical (unpaired) electrons. The van der Waals surface area contributed by atoms with Crippen LogP contribution in [0, 0.1) is 12.3 Å². The first kappa shape index (κ1) is 5.32. The number of hydrogen-bond donors (Lipinski definition) is 0. The monoisotopic (exact) mass is 175 g/mol. The van der Waals surface area contributed by atoms with Crippen LogP contribution >= 0.6 is 27.3 Å². The Balaban J connectivity index is 3.04. The van der Waals surface area contributed by atoms with Crippen molar-refractivity contribution in [2.45, 2.75) is 6.92 Å². The van der Waals surface area contributed by atoms with E-state index in [9.17, 15) is 0 Å². The van der Waals surface area contributed by atoms with E-state index in [4.69, 9.17) is 0 Å². The van der Waals surface area contributed by atoms with Gasteiger partial charge in [0.1, 0.15) is 0 Å². The highest BCUT2D eigenvalue weighted by molar-refractivity contribution is 9.10. The minimum atomic E-state index is 1.06. The second-order valence-corrected chi connectivity index (χ2v) is 3.21. The SMILES string of the molecule is Cc1cc(Br)[c]s1. The maximum Gasteiger partial charge on any atom is 0.0599 e. The van der Waals surface area contributed by atoms with Gasteiger partial charge in [-0.25, -0.2) is 0 Å². The summed E-state index contributed by atoms with van der Waals surface area (Å²) >= 11 is 4.92. The molecule has 0 unspecified atom stereocenters. The Morgan fingerprint density at radius 2 is 2.57 bits per heavy atom. The summed E-state index contributed by atoms with van der Waals surface area (Å²) < 4.78 is 1.06. The van der Waals surface area contributed by atoms with Gasteiger partial charge in [-0.2, -0.15) is 0 Å². The molecule has 1 aromatic heterocycles. The van der Waals surface area contributed by atoms with Crippen LogP contribution in [0.15, 0.2) is 10.5 Å². The van der Waals surface area contributed by atoms with E-state index < -0.39 is 0 Å². The van der Waals surface area contributed by atoms with Gasteiger partial charge in [-0.3, -0.25) is 0 Å². The molecule has 0 N–H and O–H groups in total. The van der Waals surface area contributed by atoms with Crippen LogP contribution in [0.4, 0.5) is 0 Å². The average Bonchev–Trinajstić information content (AvgIpc) is 1.87. The molecule has 1 aromatic rings. The summed E-state index contributed by atoms with van der Waals surface area (Å²) in [6.45, 7) is 2.06. The summed E-state index contributed by atoms with van der Waals surface area (Å²) in [6.07, 6.45) is 0. The molecule has 37 valence electrons. The topological polar surface area (TPSA) is 0 Å². The Bertz CT molecular complexity index is 140. The zero-order valence-corrected chi connectivity index (χ0v) is 6.27. The summed E-state index contributed by atoms with van der Waals surface area (Å²) in [4.78, 5) is 1.30. The largest absolute Gasteiger partial charge is 0.138 e. The van der Waals surface area contributed by atoms with Crippen LogP contribution in [-0.2, 0) is 0 Å². The Labute approximate surface area is 55.3 Å². The lowest BCUT2D eigenvalue weighted by Gasteiger charge is -1.68. The van der Waals surface area contributed by atoms with Crippen molar-refractivity contribution in [2.24, 2.45) is 0 Å². The molecular weight excluding hydrogens is 172 g/mol. The molecule has 0 nitrogen and oxygen atoms in total. The summed E-state index contributed by atoms with van der Waals surface area (Å²) in [7, 11) is 0. The quantitative estimate of drug-likeness (QED) is 0.569. The molecule has 0 saturated carbocycles. The predicted octanol–water partition coefficient (Wildman–Crippen LogP) is 2.62. The average molecular weight is 176 g/mol. The van der Waals surface area contributed by atoms with Crippen molar-refractivity contribution < 1.29 is 0 Å². The summed E-state index contributed by atoms with van der Waals surface area (Å²) in [5, 5.41) is 3.03. The van der Waals surface area contributed by atoms with Crippen molar-refractivity contribution in [2.75, 3.05) is 0 Å². The zero-order valence-electron chi connectivity index (χ0n) is 3.86. The van der Waals surface area contributed by atoms with E-state index >= 15 is 0 Å². The Morgan fingerprint density at radius 1 is 1.86 bits per heavy atom. The zero-order chi connectivity index (χ0) is 5.28. The van der Waals surface area contributed by atoms with Crippen molar-refractivity contribution in [3.8, 4) is 0 Å². The number of rotatable bonds is 0. The Hall–Kier alpha value is 0.180. The van der Waals surface area contributed by atoms with Crippen LogP contribution in [0.25, 0.3) is 0 Å². The third-order valence-electron chi connectivity index (χ3n) is 0.640. The first-order chi connectivity index (χ1) is 3.29. The van der Waals surface area contributed by atoms with Crippen molar-refractivity contribution >= 4 is 27.3 Å². The fraction of sp³-hybridized carbons (Fsp3) is 0.200. The number of thiophene rings is 1. The molecule has 0 amide bonds. The van der Waals surface area contributed by atoms with E-state index in [1.807, 2.05) is 6.07 Å². The Kier molecular flexibility index (Phi) is 1.50. The van der Waals surface area contributed by atoms with E-state index in [0.717, 1.165) is 4.47 Å². The van der Waals surface area contributed by atoms with Crippen molar-refractivity contribution in [3.05, 3.63) is 20.8 Å². The molecule has 0 aliphatic heterocycles. The van der Waals surface area contributed by atoms with Crippen LogP contribution in [0.1, 0.15) is 4.88 Å². The van der Waals surface area contributed by atoms with Crippen LogP contribution in [-0.4, -0.2) is 0 Å². The molecule has 2 heteroatoms. The minimum absolute atomic E-state index is 1.06. The number of aryl methyl sites for hydroxylation is 1. The van der Waals surface area contributed by atoms with Gasteiger partial charge in [0.05, 0.1) is 5.38 Å². The number of halogens is 1. The standard InChI is InChI=1S/C5H4BrS/c1-4-2-5(6)3-7-4/h2H,1H3. The van der Waals surface area contributed by atoms with Gasteiger partial charge in [-0.15, -0.1) is 11.3 Å². The van der Waals surface area contributed by atoms with Crippen LogP contribution < -0.4 is 0 Å². The van der Waals surface area contributed by atoms with Gasteiger partial charge in [-0.05, 0) is 28.9 Å². The minimum Gasteiger partial charge on any atom is -0.138 e. The normalized spacial score (nSPS) is 9.43. The third-order valence-corrected chi connectivity index (χ3v) is 2.09. The molecule has 1 rings (SSSR count). The summed E-state index contributed by atoms with van der Waals surface area (Å²) in [6, 6.07) is 2.05. The maximum atomic E-state index is 3.29. The van der Waals surface area contributed by atoms with Crippen molar-refractivity contribution in [1.82, 2.24) is 0 Å². The Morgan fingerprint density at radius 3 is 2.71 bits per heavy atom. The fourth-order valence-electron chi connectivity index (χ4n) is 0.367. The smallest absolute Gasteiger partial charge is 0.0599 e. The molecular formula is C5H4BrS. The second-order valence-electron chi connectivity index (χ2n) is 1.31. The van der Waals surface area contributed by atoms with Crippen LogP contribution in [0.5, 0.6) is 0 Å². The molecule has 0 bridgehead atoms. The van der Waals surface area contributed by atoms with Gasteiger partial charge < -0.3 is 0 Å². The molecule has 0 fully saturated rings. The second kappa shape index (κ2) is 1.97. The van der Waals surface area contributed by atoms with Crippen LogP contribution in [0.2, 0.25) is 0 Å². The van der Waals surface area contributed by atoms with E-state index in [-0.39, 0.29) is 0 Å². The summed E-state index contributed by atoms with van der Waals surface area (Å²) in [5.41, 5.74) is 0. The van der Waals surface area contributed by atoms with Crippen LogP contribution in [0.3, 0.4) is 0 Å². The predicted molar refractivity (Wildman–Crippen MR) is 35.6 cm³/mol. The lowest BCUT2D eigenvalue weighted by Crippen LogP contribution is -1.46. The molecule has 0 spiro atoms. The first-order valence-corrected chi connectivity index (χ1v) is 3.53. The molecule has 0 aliphatic carbocycles. The van der Waals surface area contributed by atoms with Gasteiger partial charge in [-0.1, -0.05) is 0 Å². The van der Waals surface area contributed by atoms with E-state index in [0.29, 0.717) is 0 Å². The third kappa shape index (κ3) is 1.28. The highest BCUT2D eigenvalue weighted by atomic mass is 79.9. The molecule has 0 atom stereocenters. The molecule has 7 heavy (non-hydrogen) atoms. The number of hydrogen-bond acceptors (Lipinski definition) is 1. The highest BCUT2D eigenvalue weighted by Crippen LogP contribution is 2.16. The van der Waals surface area contributed by atoms with Gasteiger partial charge in [0, 0.05) is 9.35 Å². The van der Waals surface area contributed by atoms with Crippen molar-refractivity contribution in [3.63, 3.8) is 0 Å². The molecule has 1 heterocycles. The highest BCUT2D eigenvalue weighted by Gasteiger charge is 1.87. The molecule has 0 aromatic carbocycles. The van der Waals surface area contributed by atoms with E-state index in [1.165, 1.54) is 4.88 Å². The van der Waals surface area contributed by atoms with E-state index in [2.05, 4.69) is 28.2 Å². The summed E-state index contributed by atoms with van der Waals surface area (Å²) in [5.74, 6) is 0. The lowest BCUT2D eigenvalue weighted by molar-refractivity contribution is 1.62. The van der Waals surface area contributed by atoms with Gasteiger partial charge >= 0.3 is 0 Å². The fourth-order valence-corrected chi connectivity index (χ4v) is 1.60. The molecule has 0 saturated heterocycles. The molecule has 0 aliphatic rings. The van der Waals surface area contributed by atoms with Gasteiger partial charge in [0.25, 0.3) is 0 Å². The van der Waals surface area contributed by atoms with E-state index in [1.54, 1.807) is 11.3 Å². The van der Waals surface area contributed by atoms with Crippen molar-refractivity contribution in [1.29, 1.82) is 0 Å². The first-order valence-electron chi connectivity index (χ1n) is 1.92. The van der Waals surface area contributed by atoms with Gasteiger partial charge in [0.15, 0.2) is 0 Å². The maximum absolute atomic E-state index is 3.29.